The Kier molecular flexibility index (Phi) is 6.06. The Bertz CT molecular complexity index is 897. The molecule has 0 spiro atoms. The molecule has 2 aromatic rings. The van der Waals surface area contributed by atoms with E-state index in [-0.39, 0.29) is 10.5 Å². The summed E-state index contributed by atoms with van der Waals surface area (Å²) < 4.78 is 38.5. The lowest BCUT2D eigenvalue weighted by Crippen LogP contribution is -2.46. The molecule has 2 rings (SSSR count). The molecule has 0 bridgehead atoms. The first-order valence-corrected chi connectivity index (χ1v) is 9.02. The normalized spacial score (nSPS) is 11.2. The summed E-state index contributed by atoms with van der Waals surface area (Å²) >= 11 is 0. The zero-order valence-electron chi connectivity index (χ0n) is 14.2. The maximum absolute atomic E-state index is 12.8. The van der Waals surface area contributed by atoms with Gasteiger partial charge in [0.05, 0.1) is 11.4 Å². The Morgan fingerprint density at radius 1 is 1.00 bits per heavy atom. The van der Waals surface area contributed by atoms with Gasteiger partial charge in [0.2, 0.25) is 10.0 Å². The molecule has 0 atom stereocenters. The molecule has 0 fully saturated rings. The minimum atomic E-state index is -3.83. The van der Waals surface area contributed by atoms with Crippen molar-refractivity contribution in [2.75, 3.05) is 13.6 Å². The van der Waals surface area contributed by atoms with Crippen LogP contribution in [0, 0.1) is 12.7 Å². The molecule has 2 N–H and O–H groups in total. The molecule has 138 valence electrons. The number of carbonyl (C=O) groups is 2. The third kappa shape index (κ3) is 4.87. The summed E-state index contributed by atoms with van der Waals surface area (Å²) in [5.74, 6) is -1.87. The lowest BCUT2D eigenvalue weighted by molar-refractivity contribution is -0.121. The first-order valence-electron chi connectivity index (χ1n) is 7.58. The molecule has 0 radical (unpaired) electrons. The minimum absolute atomic E-state index is 0.0637. The topological polar surface area (TPSA) is 95.6 Å². The van der Waals surface area contributed by atoms with Crippen LogP contribution in [0.2, 0.25) is 0 Å². The van der Waals surface area contributed by atoms with E-state index >= 15 is 0 Å². The molecule has 2 aromatic carbocycles. The predicted molar refractivity (Wildman–Crippen MR) is 93.0 cm³/mol. The molecule has 0 aliphatic carbocycles. The van der Waals surface area contributed by atoms with Gasteiger partial charge in [-0.15, -0.1) is 0 Å². The van der Waals surface area contributed by atoms with Crippen molar-refractivity contribution in [1.82, 2.24) is 15.2 Å². The second kappa shape index (κ2) is 8.07. The average molecular weight is 379 g/mol. The first-order chi connectivity index (χ1) is 12.2. The average Bonchev–Trinajstić information content (AvgIpc) is 2.60. The van der Waals surface area contributed by atoms with Gasteiger partial charge in [-0.1, -0.05) is 17.7 Å². The van der Waals surface area contributed by atoms with Crippen molar-refractivity contribution in [2.24, 2.45) is 0 Å². The van der Waals surface area contributed by atoms with Crippen molar-refractivity contribution >= 4 is 21.8 Å². The molecule has 0 aliphatic heterocycles. The van der Waals surface area contributed by atoms with Gasteiger partial charge < -0.3 is 0 Å². The number of nitrogens with one attached hydrogen (secondary N) is 2. The summed E-state index contributed by atoms with van der Waals surface area (Å²) in [5.41, 5.74) is 5.32. The van der Waals surface area contributed by atoms with Crippen molar-refractivity contribution in [3.63, 3.8) is 0 Å². The van der Waals surface area contributed by atoms with E-state index in [0.717, 1.165) is 22.0 Å². The van der Waals surface area contributed by atoms with Crippen LogP contribution >= 0.6 is 0 Å². The Hall–Kier alpha value is -2.78. The zero-order chi connectivity index (χ0) is 19.3. The monoisotopic (exact) mass is 379 g/mol. The lowest BCUT2D eigenvalue weighted by atomic mass is 10.2. The third-order valence-electron chi connectivity index (χ3n) is 3.52. The van der Waals surface area contributed by atoms with Gasteiger partial charge in [-0.3, -0.25) is 20.4 Å². The minimum Gasteiger partial charge on any atom is -0.272 e. The van der Waals surface area contributed by atoms with Crippen LogP contribution < -0.4 is 10.9 Å². The van der Waals surface area contributed by atoms with Crippen LogP contribution in [0.4, 0.5) is 4.39 Å². The number of nitrogens with zero attached hydrogens (tertiary/aromatic N) is 1. The Labute approximate surface area is 150 Å². The molecular formula is C17H18FN3O4S. The first kappa shape index (κ1) is 19.5. The molecule has 26 heavy (non-hydrogen) atoms. The van der Waals surface area contributed by atoms with Crippen molar-refractivity contribution in [3.05, 3.63) is 65.5 Å². The van der Waals surface area contributed by atoms with Gasteiger partial charge in [-0.05, 0) is 43.3 Å². The second-order valence-electron chi connectivity index (χ2n) is 5.58. The molecule has 0 unspecified atom stereocenters. The zero-order valence-corrected chi connectivity index (χ0v) is 15.0. The summed E-state index contributed by atoms with van der Waals surface area (Å²) in [6.45, 7) is 1.34. The van der Waals surface area contributed by atoms with Crippen LogP contribution in [-0.2, 0) is 14.8 Å². The molecule has 0 saturated heterocycles. The van der Waals surface area contributed by atoms with Crippen LogP contribution in [0.5, 0.6) is 0 Å². The van der Waals surface area contributed by atoms with Gasteiger partial charge in [0.1, 0.15) is 5.82 Å². The number of hydrazine groups is 1. The van der Waals surface area contributed by atoms with E-state index in [1.54, 1.807) is 12.1 Å². The fraction of sp³-hybridized carbons (Fsp3) is 0.176. The SMILES string of the molecule is Cc1ccc(S(=O)(=O)N(C)CC(=O)NNC(=O)c2ccc(F)cc2)cc1. The standard InChI is InChI=1S/C17H18FN3O4S/c1-12-3-9-15(10-4-12)26(24,25)21(2)11-16(22)19-20-17(23)13-5-7-14(18)8-6-13/h3-10H,11H2,1-2H3,(H,19,22)(H,20,23). The number of rotatable bonds is 5. The highest BCUT2D eigenvalue weighted by Gasteiger charge is 2.23. The summed E-state index contributed by atoms with van der Waals surface area (Å²) in [6.07, 6.45) is 0. The molecule has 0 aliphatic rings. The van der Waals surface area contributed by atoms with E-state index in [4.69, 9.17) is 0 Å². The van der Waals surface area contributed by atoms with Gasteiger partial charge in [0, 0.05) is 12.6 Å². The van der Waals surface area contributed by atoms with E-state index in [1.165, 1.54) is 31.3 Å². The molecule has 0 heterocycles. The van der Waals surface area contributed by atoms with E-state index in [2.05, 4.69) is 10.9 Å². The fourth-order valence-corrected chi connectivity index (χ4v) is 3.14. The van der Waals surface area contributed by atoms with Gasteiger partial charge >= 0.3 is 0 Å². The van der Waals surface area contributed by atoms with Crippen LogP contribution in [0.25, 0.3) is 0 Å². The second-order valence-corrected chi connectivity index (χ2v) is 7.63. The Balaban J connectivity index is 1.93. The Morgan fingerprint density at radius 2 is 1.58 bits per heavy atom. The van der Waals surface area contributed by atoms with E-state index in [1.807, 2.05) is 6.92 Å². The maximum atomic E-state index is 12.8. The number of hydrogen-bond donors (Lipinski definition) is 2. The van der Waals surface area contributed by atoms with E-state index in [0.29, 0.717) is 0 Å². The maximum Gasteiger partial charge on any atom is 0.269 e. The highest BCUT2D eigenvalue weighted by Crippen LogP contribution is 2.14. The molecule has 0 saturated carbocycles. The van der Waals surface area contributed by atoms with Gasteiger partial charge in [0.15, 0.2) is 0 Å². The fourth-order valence-electron chi connectivity index (χ4n) is 2.02. The molecule has 7 nitrogen and oxygen atoms in total. The highest BCUT2D eigenvalue weighted by atomic mass is 32.2. The summed E-state index contributed by atoms with van der Waals surface area (Å²) in [6, 6.07) is 10.9. The summed E-state index contributed by atoms with van der Waals surface area (Å²) in [7, 11) is -2.57. The van der Waals surface area contributed by atoms with Gasteiger partial charge in [0.25, 0.3) is 11.8 Å². The molecule has 0 aromatic heterocycles. The van der Waals surface area contributed by atoms with Crippen molar-refractivity contribution in [1.29, 1.82) is 0 Å². The quantitative estimate of drug-likeness (QED) is 0.764. The number of aryl methyl sites for hydroxylation is 1. The van der Waals surface area contributed by atoms with Crippen molar-refractivity contribution in [3.8, 4) is 0 Å². The number of hydrogen-bond acceptors (Lipinski definition) is 4. The van der Waals surface area contributed by atoms with Gasteiger partial charge in [-0.2, -0.15) is 4.31 Å². The lowest BCUT2D eigenvalue weighted by Gasteiger charge is -2.17. The molecule has 9 heteroatoms. The number of carbonyl (C=O) groups excluding carboxylic acids is 2. The van der Waals surface area contributed by atoms with E-state index in [9.17, 15) is 22.4 Å². The number of amides is 2. The van der Waals surface area contributed by atoms with E-state index < -0.39 is 34.2 Å². The predicted octanol–water partition coefficient (Wildman–Crippen LogP) is 1.22. The number of halogens is 1. The van der Waals surface area contributed by atoms with Gasteiger partial charge in [-0.25, -0.2) is 12.8 Å². The van der Waals surface area contributed by atoms with Crippen LogP contribution in [0.3, 0.4) is 0 Å². The largest absolute Gasteiger partial charge is 0.272 e. The molecule has 2 amide bonds. The molecular weight excluding hydrogens is 361 g/mol. The van der Waals surface area contributed by atoms with Crippen molar-refractivity contribution in [2.45, 2.75) is 11.8 Å². The van der Waals surface area contributed by atoms with Crippen LogP contribution in [0.1, 0.15) is 15.9 Å². The summed E-state index contributed by atoms with van der Waals surface area (Å²) in [4.78, 5) is 23.8. The number of likely N-dealkylation sites (N-methyl/N-ethyl adjacent to an activating group) is 1. The number of benzene rings is 2. The summed E-state index contributed by atoms with van der Waals surface area (Å²) in [5, 5.41) is 0. The third-order valence-corrected chi connectivity index (χ3v) is 5.33. The highest BCUT2D eigenvalue weighted by molar-refractivity contribution is 7.89. The smallest absolute Gasteiger partial charge is 0.269 e. The van der Waals surface area contributed by atoms with Crippen molar-refractivity contribution < 1.29 is 22.4 Å². The van der Waals surface area contributed by atoms with Crippen LogP contribution in [-0.4, -0.2) is 38.1 Å². The van der Waals surface area contributed by atoms with Crippen LogP contribution in [0.15, 0.2) is 53.4 Å². The number of sulfonamides is 1. The Morgan fingerprint density at radius 3 is 2.15 bits per heavy atom.